The van der Waals surface area contributed by atoms with E-state index in [1.165, 1.54) is 6.07 Å². The van der Waals surface area contributed by atoms with E-state index in [1.54, 1.807) is 12.1 Å². The van der Waals surface area contributed by atoms with Crippen molar-refractivity contribution in [2.24, 2.45) is 0 Å². The lowest BCUT2D eigenvalue weighted by Gasteiger charge is -2.27. The van der Waals surface area contributed by atoms with Crippen LogP contribution in [0.1, 0.15) is 30.9 Å². The normalized spacial score (nSPS) is 12.3. The van der Waals surface area contributed by atoms with Crippen LogP contribution in [0.2, 0.25) is 0 Å². The van der Waals surface area contributed by atoms with E-state index in [0.717, 1.165) is 5.56 Å². The fourth-order valence-corrected chi connectivity index (χ4v) is 2.78. The van der Waals surface area contributed by atoms with E-state index in [0.29, 0.717) is 25.2 Å². The molecule has 0 saturated carbocycles. The zero-order valence-electron chi connectivity index (χ0n) is 14.1. The van der Waals surface area contributed by atoms with E-state index in [9.17, 15) is 10.1 Å². The second kappa shape index (κ2) is 9.15. The maximum absolute atomic E-state index is 11.3. The predicted molar refractivity (Wildman–Crippen MR) is 93.0 cm³/mol. The molecular weight excluding hydrogens is 306 g/mol. The third-order valence-electron chi connectivity index (χ3n) is 3.85. The molecule has 0 amide bonds. The van der Waals surface area contributed by atoms with Gasteiger partial charge < -0.3 is 9.47 Å². The Balaban J connectivity index is 2.38. The minimum absolute atomic E-state index is 0.118. The molecule has 5 nitrogen and oxygen atoms in total. The Morgan fingerprint density at radius 3 is 2.12 bits per heavy atom. The minimum Gasteiger partial charge on any atom is -0.352 e. The first-order valence-corrected chi connectivity index (χ1v) is 8.17. The van der Waals surface area contributed by atoms with Crippen LogP contribution in [0, 0.1) is 10.1 Å². The number of nitro groups is 1. The number of nitro benzene ring substituents is 1. The van der Waals surface area contributed by atoms with Crippen molar-refractivity contribution in [2.45, 2.75) is 32.5 Å². The second-order valence-corrected chi connectivity index (χ2v) is 5.39. The Morgan fingerprint density at radius 1 is 0.958 bits per heavy atom. The molecule has 0 unspecified atom stereocenters. The number of hydrogen-bond donors (Lipinski definition) is 0. The van der Waals surface area contributed by atoms with Crippen LogP contribution in [-0.4, -0.2) is 24.4 Å². The molecule has 0 saturated heterocycles. The highest BCUT2D eigenvalue weighted by atomic mass is 16.7. The highest BCUT2D eigenvalue weighted by Gasteiger charge is 2.27. The number of ether oxygens (including phenoxy) is 2. The summed E-state index contributed by atoms with van der Waals surface area (Å²) in [5, 5.41) is 11.3. The SMILES string of the molecule is CCOC(OCC)[C@@H](Cc1ccccc1[N+](=O)[O-])c1ccccc1. The molecule has 2 aromatic rings. The van der Waals surface area contributed by atoms with Gasteiger partial charge >= 0.3 is 0 Å². The average Bonchev–Trinajstić information content (AvgIpc) is 2.60. The third-order valence-corrected chi connectivity index (χ3v) is 3.85. The zero-order chi connectivity index (χ0) is 17.4. The number of benzene rings is 2. The molecule has 2 rings (SSSR count). The Morgan fingerprint density at radius 2 is 1.54 bits per heavy atom. The van der Waals surface area contributed by atoms with Gasteiger partial charge in [-0.25, -0.2) is 0 Å². The molecular formula is C19H23NO4. The van der Waals surface area contributed by atoms with E-state index in [2.05, 4.69) is 0 Å². The number of nitrogens with zero attached hydrogens (tertiary/aromatic N) is 1. The number of para-hydroxylation sites is 1. The first kappa shape index (κ1) is 18.1. The van der Waals surface area contributed by atoms with Gasteiger partial charge in [0, 0.05) is 30.8 Å². The molecule has 1 atom stereocenters. The standard InChI is InChI=1S/C19H23NO4/c1-3-23-19(24-4-2)17(15-10-6-5-7-11-15)14-16-12-8-9-13-18(16)20(21)22/h5-13,17,19H,3-4,14H2,1-2H3/t17-/m0/s1. The molecule has 24 heavy (non-hydrogen) atoms. The molecule has 0 aliphatic heterocycles. The van der Waals surface area contributed by atoms with Crippen molar-refractivity contribution in [1.82, 2.24) is 0 Å². The lowest BCUT2D eigenvalue weighted by atomic mass is 9.90. The summed E-state index contributed by atoms with van der Waals surface area (Å²) in [6.07, 6.45) is 0.0356. The summed E-state index contributed by atoms with van der Waals surface area (Å²) in [5.74, 6) is -0.118. The molecule has 0 aromatic heterocycles. The molecule has 128 valence electrons. The van der Waals surface area contributed by atoms with Crippen molar-refractivity contribution < 1.29 is 14.4 Å². The monoisotopic (exact) mass is 329 g/mol. The van der Waals surface area contributed by atoms with Crippen LogP contribution in [0.5, 0.6) is 0 Å². The fraction of sp³-hybridized carbons (Fsp3) is 0.368. The Labute approximate surface area is 142 Å². The molecule has 0 spiro atoms. The van der Waals surface area contributed by atoms with Gasteiger partial charge in [0.1, 0.15) is 0 Å². The Kier molecular flexibility index (Phi) is 6.90. The van der Waals surface area contributed by atoms with E-state index in [4.69, 9.17) is 9.47 Å². The summed E-state index contributed by atoms with van der Waals surface area (Å²) in [7, 11) is 0. The predicted octanol–water partition coefficient (Wildman–Crippen LogP) is 4.32. The van der Waals surface area contributed by atoms with Crippen LogP contribution in [0.3, 0.4) is 0 Å². The van der Waals surface area contributed by atoms with E-state index < -0.39 is 6.29 Å². The van der Waals surface area contributed by atoms with Crippen molar-refractivity contribution in [1.29, 1.82) is 0 Å². The van der Waals surface area contributed by atoms with Gasteiger partial charge in [-0.1, -0.05) is 48.5 Å². The summed E-state index contributed by atoms with van der Waals surface area (Å²) in [4.78, 5) is 11.0. The van der Waals surface area contributed by atoms with Gasteiger partial charge in [-0.3, -0.25) is 10.1 Å². The van der Waals surface area contributed by atoms with Gasteiger partial charge in [0.2, 0.25) is 0 Å². The number of hydrogen-bond acceptors (Lipinski definition) is 4. The quantitative estimate of drug-likeness (QED) is 0.390. The fourth-order valence-electron chi connectivity index (χ4n) is 2.78. The molecule has 0 fully saturated rings. The Bertz CT molecular complexity index is 639. The summed E-state index contributed by atoms with van der Waals surface area (Å²) < 4.78 is 11.6. The Hall–Kier alpha value is -2.24. The average molecular weight is 329 g/mol. The van der Waals surface area contributed by atoms with Gasteiger partial charge in [0.15, 0.2) is 6.29 Å². The van der Waals surface area contributed by atoms with E-state index in [1.807, 2.05) is 50.2 Å². The molecule has 0 aliphatic carbocycles. The van der Waals surface area contributed by atoms with Crippen LogP contribution in [0.15, 0.2) is 54.6 Å². The van der Waals surface area contributed by atoms with Crippen molar-refractivity contribution in [3.63, 3.8) is 0 Å². The summed E-state index contributed by atoms with van der Waals surface area (Å²) in [6.45, 7) is 4.87. The molecule has 2 aromatic carbocycles. The smallest absolute Gasteiger partial charge is 0.272 e. The van der Waals surface area contributed by atoms with Gasteiger partial charge in [0.25, 0.3) is 5.69 Å². The van der Waals surface area contributed by atoms with E-state index in [-0.39, 0.29) is 16.5 Å². The topological polar surface area (TPSA) is 61.6 Å². The highest BCUT2D eigenvalue weighted by molar-refractivity contribution is 5.41. The third kappa shape index (κ3) is 4.63. The first-order valence-electron chi connectivity index (χ1n) is 8.17. The largest absolute Gasteiger partial charge is 0.352 e. The van der Waals surface area contributed by atoms with Crippen LogP contribution < -0.4 is 0 Å². The molecule has 0 radical (unpaired) electrons. The van der Waals surface area contributed by atoms with Crippen LogP contribution >= 0.6 is 0 Å². The first-order chi connectivity index (χ1) is 11.7. The lowest BCUT2D eigenvalue weighted by Crippen LogP contribution is -2.27. The van der Waals surface area contributed by atoms with Crippen molar-refractivity contribution in [3.8, 4) is 0 Å². The summed E-state index contributed by atoms with van der Waals surface area (Å²) in [6, 6.07) is 16.7. The van der Waals surface area contributed by atoms with Crippen molar-refractivity contribution in [3.05, 3.63) is 75.8 Å². The van der Waals surface area contributed by atoms with Gasteiger partial charge in [0.05, 0.1) is 4.92 Å². The molecule has 0 heterocycles. The molecule has 0 N–H and O–H groups in total. The maximum atomic E-state index is 11.3. The lowest BCUT2D eigenvalue weighted by molar-refractivity contribution is -0.385. The minimum atomic E-state index is -0.442. The van der Waals surface area contributed by atoms with Crippen molar-refractivity contribution in [2.75, 3.05) is 13.2 Å². The summed E-state index contributed by atoms with van der Waals surface area (Å²) in [5.41, 5.74) is 1.86. The molecule has 0 bridgehead atoms. The van der Waals surface area contributed by atoms with Gasteiger partial charge in [-0.2, -0.15) is 0 Å². The molecule has 5 heteroatoms. The van der Waals surface area contributed by atoms with E-state index >= 15 is 0 Å². The molecule has 0 aliphatic rings. The summed E-state index contributed by atoms with van der Waals surface area (Å²) >= 11 is 0. The zero-order valence-corrected chi connectivity index (χ0v) is 14.1. The van der Waals surface area contributed by atoms with Gasteiger partial charge in [-0.15, -0.1) is 0 Å². The van der Waals surface area contributed by atoms with Crippen LogP contribution in [0.4, 0.5) is 5.69 Å². The van der Waals surface area contributed by atoms with Crippen LogP contribution in [-0.2, 0) is 15.9 Å². The second-order valence-electron chi connectivity index (χ2n) is 5.39. The maximum Gasteiger partial charge on any atom is 0.272 e. The highest BCUT2D eigenvalue weighted by Crippen LogP contribution is 2.30. The van der Waals surface area contributed by atoms with Crippen LogP contribution in [0.25, 0.3) is 0 Å². The van der Waals surface area contributed by atoms with Gasteiger partial charge in [-0.05, 0) is 25.8 Å². The van der Waals surface area contributed by atoms with Crippen molar-refractivity contribution >= 4 is 5.69 Å². The number of rotatable bonds is 9.